The molecule has 1 atom stereocenters. The van der Waals surface area contributed by atoms with Gasteiger partial charge in [-0.3, -0.25) is 4.79 Å². The number of aromatic nitrogens is 2. The van der Waals surface area contributed by atoms with Crippen molar-refractivity contribution in [3.8, 4) is 10.4 Å². The van der Waals surface area contributed by atoms with Crippen molar-refractivity contribution in [1.29, 1.82) is 0 Å². The summed E-state index contributed by atoms with van der Waals surface area (Å²) in [7, 11) is 0. The summed E-state index contributed by atoms with van der Waals surface area (Å²) in [6.07, 6.45) is 1.59. The van der Waals surface area contributed by atoms with Gasteiger partial charge in [-0.2, -0.15) is 0 Å². The third-order valence-electron chi connectivity index (χ3n) is 4.69. The predicted octanol–water partition coefficient (Wildman–Crippen LogP) is 5.14. The van der Waals surface area contributed by atoms with Crippen LogP contribution in [0.15, 0.2) is 48.7 Å². The number of carbonyl (C=O) groups is 2. The van der Waals surface area contributed by atoms with Crippen molar-refractivity contribution in [2.45, 2.75) is 19.9 Å². The summed E-state index contributed by atoms with van der Waals surface area (Å²) >= 11 is 2.56. The van der Waals surface area contributed by atoms with Gasteiger partial charge in [0.15, 0.2) is 10.1 Å². The number of benzene rings is 2. The molecule has 0 bridgehead atoms. The van der Waals surface area contributed by atoms with E-state index in [1.165, 1.54) is 34.8 Å². The Bertz CT molecular complexity index is 1280. The van der Waals surface area contributed by atoms with Gasteiger partial charge in [0.25, 0.3) is 5.91 Å². The van der Waals surface area contributed by atoms with Crippen LogP contribution in [0.1, 0.15) is 23.6 Å². The van der Waals surface area contributed by atoms with Crippen LogP contribution in [0.5, 0.6) is 0 Å². The first-order chi connectivity index (χ1) is 15.3. The molecule has 0 saturated heterocycles. The number of halogens is 1. The lowest BCUT2D eigenvalue weighted by Crippen LogP contribution is -2.44. The molecule has 164 valence electrons. The zero-order chi connectivity index (χ0) is 22.8. The molecule has 4 aromatic rings. The number of carbonyl (C=O) groups excluding carboxylic acids is 1. The predicted molar refractivity (Wildman–Crippen MR) is 124 cm³/mol. The van der Waals surface area contributed by atoms with Crippen molar-refractivity contribution in [3.63, 3.8) is 0 Å². The second kappa shape index (κ2) is 9.01. The van der Waals surface area contributed by atoms with E-state index < -0.39 is 17.9 Å². The van der Waals surface area contributed by atoms with Crippen LogP contribution < -0.4 is 10.6 Å². The molecule has 1 amide bonds. The number of aliphatic carboxylic acids is 1. The average Bonchev–Trinajstić information content (AvgIpc) is 3.38. The van der Waals surface area contributed by atoms with Gasteiger partial charge in [0.2, 0.25) is 0 Å². The van der Waals surface area contributed by atoms with E-state index in [9.17, 15) is 19.1 Å². The Morgan fingerprint density at radius 2 is 1.84 bits per heavy atom. The highest BCUT2D eigenvalue weighted by Gasteiger charge is 2.25. The number of hydrogen-bond acceptors (Lipinski definition) is 7. The number of carboxylic acids is 1. The molecule has 2 heterocycles. The molecule has 3 N–H and O–H groups in total. The Morgan fingerprint density at radius 3 is 2.53 bits per heavy atom. The fourth-order valence-electron chi connectivity index (χ4n) is 3.02. The summed E-state index contributed by atoms with van der Waals surface area (Å²) in [5.74, 6) is -2.12. The number of anilines is 2. The molecule has 0 saturated carbocycles. The van der Waals surface area contributed by atoms with E-state index in [2.05, 4.69) is 20.6 Å². The molecule has 32 heavy (non-hydrogen) atoms. The quantitative estimate of drug-likeness (QED) is 0.345. The highest BCUT2D eigenvalue weighted by atomic mass is 32.1. The standard InChI is InChI=1S/C22H19FN4O3S2/c1-11(2)18(21(29)30)27-19(28)20-24-10-17(31-20)12-3-6-14(7-4-12)25-22-26-15-8-5-13(23)9-16(15)32-22/h3-11,18H,1-2H3,(H,25,26)(H,27,28)(H,29,30)/t18-/m0/s1. The minimum absolute atomic E-state index is 0.204. The zero-order valence-corrected chi connectivity index (χ0v) is 18.8. The summed E-state index contributed by atoms with van der Waals surface area (Å²) in [5, 5.41) is 15.8. The zero-order valence-electron chi connectivity index (χ0n) is 17.1. The Labute approximate surface area is 191 Å². The molecule has 0 aliphatic rings. The highest BCUT2D eigenvalue weighted by Crippen LogP contribution is 2.31. The van der Waals surface area contributed by atoms with E-state index in [-0.39, 0.29) is 16.7 Å². The number of amides is 1. The number of carboxylic acid groups (broad SMARTS) is 1. The number of nitrogens with one attached hydrogen (secondary N) is 2. The van der Waals surface area contributed by atoms with Crippen molar-refractivity contribution >= 4 is 55.6 Å². The molecule has 4 rings (SSSR count). The van der Waals surface area contributed by atoms with E-state index >= 15 is 0 Å². The molecule has 0 spiro atoms. The van der Waals surface area contributed by atoms with E-state index in [0.29, 0.717) is 5.13 Å². The fraction of sp³-hybridized carbons (Fsp3) is 0.182. The summed E-state index contributed by atoms with van der Waals surface area (Å²) < 4.78 is 14.1. The normalized spacial score (nSPS) is 12.1. The number of rotatable bonds is 7. The smallest absolute Gasteiger partial charge is 0.326 e. The topological polar surface area (TPSA) is 104 Å². The lowest BCUT2D eigenvalue weighted by atomic mass is 10.1. The van der Waals surface area contributed by atoms with Gasteiger partial charge in [0.05, 0.1) is 15.1 Å². The van der Waals surface area contributed by atoms with Crippen LogP contribution in [0.4, 0.5) is 15.2 Å². The molecule has 0 fully saturated rings. The number of fused-ring (bicyclic) bond motifs is 1. The third kappa shape index (κ3) is 4.76. The van der Waals surface area contributed by atoms with Crippen LogP contribution in [0.2, 0.25) is 0 Å². The maximum Gasteiger partial charge on any atom is 0.326 e. The van der Waals surface area contributed by atoms with Crippen LogP contribution in [-0.2, 0) is 4.79 Å². The van der Waals surface area contributed by atoms with E-state index in [4.69, 9.17) is 0 Å². The molecule has 2 aromatic carbocycles. The Hall–Kier alpha value is -3.37. The first-order valence-corrected chi connectivity index (χ1v) is 11.4. The van der Waals surface area contributed by atoms with Gasteiger partial charge in [-0.15, -0.1) is 11.3 Å². The monoisotopic (exact) mass is 470 g/mol. The first-order valence-electron chi connectivity index (χ1n) is 9.73. The molecule has 0 aliphatic heterocycles. The van der Waals surface area contributed by atoms with Crippen LogP contribution >= 0.6 is 22.7 Å². The lowest BCUT2D eigenvalue weighted by molar-refractivity contribution is -0.140. The molecule has 7 nitrogen and oxygen atoms in total. The van der Waals surface area contributed by atoms with E-state index in [0.717, 1.165) is 26.3 Å². The minimum atomic E-state index is -1.08. The molecular formula is C22H19FN4O3S2. The highest BCUT2D eigenvalue weighted by molar-refractivity contribution is 7.22. The molecule has 2 aromatic heterocycles. The number of nitrogens with zero attached hydrogens (tertiary/aromatic N) is 2. The molecule has 0 radical (unpaired) electrons. The van der Waals surface area contributed by atoms with Crippen LogP contribution in [-0.4, -0.2) is 33.0 Å². The van der Waals surface area contributed by atoms with Crippen molar-refractivity contribution in [1.82, 2.24) is 15.3 Å². The maximum absolute atomic E-state index is 13.4. The Morgan fingerprint density at radius 1 is 1.09 bits per heavy atom. The van der Waals surface area contributed by atoms with E-state index in [1.54, 1.807) is 26.1 Å². The second-order valence-corrected chi connectivity index (χ2v) is 9.46. The molecule has 10 heteroatoms. The molecule has 0 aliphatic carbocycles. The Balaban J connectivity index is 1.45. The van der Waals surface area contributed by atoms with Crippen molar-refractivity contribution in [3.05, 3.63) is 59.5 Å². The molecular weight excluding hydrogens is 451 g/mol. The van der Waals surface area contributed by atoms with Crippen molar-refractivity contribution < 1.29 is 19.1 Å². The van der Waals surface area contributed by atoms with E-state index in [1.807, 2.05) is 24.3 Å². The van der Waals surface area contributed by atoms with Crippen LogP contribution in [0.3, 0.4) is 0 Å². The van der Waals surface area contributed by atoms with Crippen LogP contribution in [0.25, 0.3) is 20.7 Å². The number of hydrogen-bond donors (Lipinski definition) is 3. The number of thiazole rings is 2. The van der Waals surface area contributed by atoms with Gasteiger partial charge < -0.3 is 15.7 Å². The third-order valence-corrected chi connectivity index (χ3v) is 6.67. The van der Waals surface area contributed by atoms with Crippen molar-refractivity contribution in [2.24, 2.45) is 5.92 Å². The fourth-order valence-corrected chi connectivity index (χ4v) is 4.76. The Kier molecular flexibility index (Phi) is 6.15. The van der Waals surface area contributed by atoms with Crippen LogP contribution in [0, 0.1) is 11.7 Å². The summed E-state index contributed by atoms with van der Waals surface area (Å²) in [5.41, 5.74) is 2.42. The molecule has 0 unspecified atom stereocenters. The SMILES string of the molecule is CC(C)[C@H](NC(=O)c1ncc(-c2ccc(Nc3nc4ccc(F)cc4s3)cc2)s1)C(=O)O. The average molecular weight is 471 g/mol. The summed E-state index contributed by atoms with van der Waals surface area (Å²) in [6, 6.07) is 11.0. The second-order valence-electron chi connectivity index (χ2n) is 7.40. The minimum Gasteiger partial charge on any atom is -0.480 e. The van der Waals surface area contributed by atoms with Gasteiger partial charge >= 0.3 is 5.97 Å². The summed E-state index contributed by atoms with van der Waals surface area (Å²) in [4.78, 5) is 33.1. The first kappa shape index (κ1) is 21.8. The largest absolute Gasteiger partial charge is 0.480 e. The van der Waals surface area contributed by atoms with Gasteiger partial charge in [0.1, 0.15) is 11.9 Å². The van der Waals surface area contributed by atoms with Gasteiger partial charge in [-0.05, 0) is 41.8 Å². The lowest BCUT2D eigenvalue weighted by Gasteiger charge is -2.16. The van der Waals surface area contributed by atoms with Crippen molar-refractivity contribution in [2.75, 3.05) is 5.32 Å². The van der Waals surface area contributed by atoms with Gasteiger partial charge in [0, 0.05) is 11.9 Å². The van der Waals surface area contributed by atoms with Gasteiger partial charge in [-0.25, -0.2) is 19.2 Å². The summed E-state index contributed by atoms with van der Waals surface area (Å²) in [6.45, 7) is 3.46. The van der Waals surface area contributed by atoms with Gasteiger partial charge in [-0.1, -0.05) is 37.3 Å². The maximum atomic E-state index is 13.4.